The molecule has 0 bridgehead atoms. The summed E-state index contributed by atoms with van der Waals surface area (Å²) in [5.74, 6) is -1.33. The van der Waals surface area contributed by atoms with E-state index in [1.165, 1.54) is 0 Å². The molecule has 0 saturated carbocycles. The normalized spacial score (nSPS) is 11.8. The molecule has 0 aliphatic heterocycles. The first-order valence-electron chi connectivity index (χ1n) is 7.57. The highest BCUT2D eigenvalue weighted by atomic mass is 35.5. The molecule has 0 aliphatic carbocycles. The Kier molecular flexibility index (Phi) is 6.38. The summed E-state index contributed by atoms with van der Waals surface area (Å²) >= 11 is 5.77. The van der Waals surface area contributed by atoms with E-state index < -0.39 is 50.5 Å². The standard InChI is InChI=1S/C16H12ClF3N2O6S/c1-29(26,27)10-3-5-14(13(7-10)22(24)25)28-8-15(23)21-12-6-9(16(18,19)20)2-4-11(12)17/h2-7H,8H2,1H3,(H,21,23). The zero-order valence-corrected chi connectivity index (χ0v) is 16.1. The molecule has 0 saturated heterocycles. The Balaban J connectivity index is 2.17. The second kappa shape index (κ2) is 8.25. The van der Waals surface area contributed by atoms with E-state index >= 15 is 0 Å². The van der Waals surface area contributed by atoms with Gasteiger partial charge < -0.3 is 10.1 Å². The molecule has 13 heteroatoms. The van der Waals surface area contributed by atoms with Gasteiger partial charge in [-0.1, -0.05) is 11.6 Å². The van der Waals surface area contributed by atoms with Crippen molar-refractivity contribution in [3.63, 3.8) is 0 Å². The van der Waals surface area contributed by atoms with E-state index in [1.54, 1.807) is 0 Å². The minimum Gasteiger partial charge on any atom is -0.477 e. The molecule has 29 heavy (non-hydrogen) atoms. The number of carbonyl (C=O) groups is 1. The number of nitro benzene ring substituents is 1. The molecular weight excluding hydrogens is 441 g/mol. The van der Waals surface area contributed by atoms with Crippen molar-refractivity contribution in [3.8, 4) is 5.75 Å². The van der Waals surface area contributed by atoms with Crippen molar-refractivity contribution in [1.29, 1.82) is 0 Å². The van der Waals surface area contributed by atoms with Gasteiger partial charge in [-0.3, -0.25) is 14.9 Å². The van der Waals surface area contributed by atoms with Crippen LogP contribution in [0.2, 0.25) is 5.02 Å². The summed E-state index contributed by atoms with van der Waals surface area (Å²) in [5.41, 5.74) is -2.06. The number of nitro groups is 1. The number of benzene rings is 2. The number of amides is 1. The Morgan fingerprint density at radius 2 is 1.90 bits per heavy atom. The molecule has 0 unspecified atom stereocenters. The number of carbonyl (C=O) groups excluding carboxylic acids is 1. The second-order valence-corrected chi connectivity index (χ2v) is 8.11. The van der Waals surface area contributed by atoms with Crippen LogP contribution < -0.4 is 10.1 Å². The van der Waals surface area contributed by atoms with E-state index in [-0.39, 0.29) is 15.6 Å². The second-order valence-electron chi connectivity index (χ2n) is 5.69. The number of ether oxygens (including phenoxy) is 1. The fourth-order valence-electron chi connectivity index (χ4n) is 2.12. The van der Waals surface area contributed by atoms with Gasteiger partial charge in [-0.25, -0.2) is 8.42 Å². The summed E-state index contributed by atoms with van der Waals surface area (Å²) in [4.78, 5) is 21.9. The van der Waals surface area contributed by atoms with Gasteiger partial charge in [-0.2, -0.15) is 13.2 Å². The van der Waals surface area contributed by atoms with Gasteiger partial charge in [0.2, 0.25) is 0 Å². The molecule has 1 N–H and O–H groups in total. The molecule has 1 amide bonds. The minimum absolute atomic E-state index is 0.158. The monoisotopic (exact) mass is 452 g/mol. The lowest BCUT2D eigenvalue weighted by Gasteiger charge is -2.12. The molecule has 2 aromatic carbocycles. The lowest BCUT2D eigenvalue weighted by Crippen LogP contribution is -2.21. The molecule has 0 radical (unpaired) electrons. The lowest BCUT2D eigenvalue weighted by atomic mass is 10.2. The number of rotatable bonds is 6. The van der Waals surface area contributed by atoms with Crippen LogP contribution in [0.5, 0.6) is 5.75 Å². The number of halogens is 4. The van der Waals surface area contributed by atoms with Gasteiger partial charge in [0, 0.05) is 12.3 Å². The highest BCUT2D eigenvalue weighted by Crippen LogP contribution is 2.34. The highest BCUT2D eigenvalue weighted by molar-refractivity contribution is 7.90. The van der Waals surface area contributed by atoms with Crippen molar-refractivity contribution >= 4 is 38.7 Å². The Bertz CT molecular complexity index is 1070. The van der Waals surface area contributed by atoms with Crippen LogP contribution in [0.4, 0.5) is 24.5 Å². The minimum atomic E-state index is -4.65. The summed E-state index contributed by atoms with van der Waals surface area (Å²) in [5, 5.41) is 13.1. The lowest BCUT2D eigenvalue weighted by molar-refractivity contribution is -0.386. The largest absolute Gasteiger partial charge is 0.477 e. The van der Waals surface area contributed by atoms with Gasteiger partial charge in [-0.05, 0) is 30.3 Å². The summed E-state index contributed by atoms with van der Waals surface area (Å²) in [7, 11) is -3.71. The molecular formula is C16H12ClF3N2O6S. The van der Waals surface area contributed by atoms with E-state index in [0.29, 0.717) is 6.07 Å². The Labute approximate surface area is 167 Å². The van der Waals surface area contributed by atoms with Crippen LogP contribution in [0.15, 0.2) is 41.3 Å². The maximum Gasteiger partial charge on any atom is 0.416 e. The average Bonchev–Trinajstić information content (AvgIpc) is 2.59. The summed E-state index contributed by atoms with van der Waals surface area (Å²) in [6.07, 6.45) is -3.79. The van der Waals surface area contributed by atoms with Crippen molar-refractivity contribution < 1.29 is 36.0 Å². The SMILES string of the molecule is CS(=O)(=O)c1ccc(OCC(=O)Nc2cc(C(F)(F)F)ccc2Cl)c([N+](=O)[O-])c1. The number of hydrogen-bond donors (Lipinski definition) is 1. The van der Waals surface area contributed by atoms with Crippen LogP contribution in [0.1, 0.15) is 5.56 Å². The molecule has 0 fully saturated rings. The predicted octanol–water partition coefficient (Wildman–Crippen LogP) is 3.69. The number of nitrogens with one attached hydrogen (secondary N) is 1. The molecule has 0 atom stereocenters. The van der Waals surface area contributed by atoms with Crippen LogP contribution in [0.3, 0.4) is 0 Å². The third kappa shape index (κ3) is 5.81. The zero-order valence-electron chi connectivity index (χ0n) is 14.5. The molecule has 0 aliphatic rings. The zero-order chi connectivity index (χ0) is 22.0. The van der Waals surface area contributed by atoms with Crippen molar-refractivity contribution in [2.75, 3.05) is 18.2 Å². The van der Waals surface area contributed by atoms with Crippen molar-refractivity contribution in [3.05, 3.63) is 57.1 Å². The smallest absolute Gasteiger partial charge is 0.416 e. The fourth-order valence-corrected chi connectivity index (χ4v) is 2.93. The van der Waals surface area contributed by atoms with Crippen LogP contribution in [0, 0.1) is 10.1 Å². The van der Waals surface area contributed by atoms with Crippen molar-refractivity contribution in [1.82, 2.24) is 0 Å². The third-order valence-corrected chi connectivity index (χ3v) is 4.92. The van der Waals surface area contributed by atoms with Crippen molar-refractivity contribution in [2.45, 2.75) is 11.1 Å². The Morgan fingerprint density at radius 1 is 1.24 bits per heavy atom. The number of nitrogens with zero attached hydrogens (tertiary/aromatic N) is 1. The average molecular weight is 453 g/mol. The van der Waals surface area contributed by atoms with E-state index in [0.717, 1.165) is 36.6 Å². The first kappa shape index (κ1) is 22.4. The summed E-state index contributed by atoms with van der Waals surface area (Å²) in [6.45, 7) is -0.800. The van der Waals surface area contributed by atoms with Gasteiger partial charge in [0.1, 0.15) is 0 Å². The van der Waals surface area contributed by atoms with Crippen LogP contribution >= 0.6 is 11.6 Å². The molecule has 0 aromatic heterocycles. The number of sulfone groups is 1. The third-order valence-electron chi connectivity index (χ3n) is 3.48. The Hall–Kier alpha value is -2.86. The van der Waals surface area contributed by atoms with E-state index in [1.807, 2.05) is 0 Å². The van der Waals surface area contributed by atoms with Gasteiger partial charge in [0.15, 0.2) is 22.2 Å². The fraction of sp³-hybridized carbons (Fsp3) is 0.188. The molecule has 2 rings (SSSR count). The highest BCUT2D eigenvalue weighted by Gasteiger charge is 2.31. The summed E-state index contributed by atoms with van der Waals surface area (Å²) < 4.78 is 66.3. The van der Waals surface area contributed by atoms with Crippen molar-refractivity contribution in [2.24, 2.45) is 0 Å². The van der Waals surface area contributed by atoms with E-state index in [9.17, 15) is 36.5 Å². The Morgan fingerprint density at radius 3 is 2.45 bits per heavy atom. The molecule has 2 aromatic rings. The molecule has 0 spiro atoms. The summed E-state index contributed by atoms with van der Waals surface area (Å²) in [6, 6.07) is 5.14. The van der Waals surface area contributed by atoms with Gasteiger partial charge in [-0.15, -0.1) is 0 Å². The van der Waals surface area contributed by atoms with Crippen LogP contribution in [0.25, 0.3) is 0 Å². The molecule has 8 nitrogen and oxygen atoms in total. The molecule has 0 heterocycles. The number of anilines is 1. The predicted molar refractivity (Wildman–Crippen MR) is 96.8 cm³/mol. The van der Waals surface area contributed by atoms with Gasteiger partial charge >= 0.3 is 11.9 Å². The van der Waals surface area contributed by atoms with E-state index in [4.69, 9.17) is 16.3 Å². The maximum atomic E-state index is 12.8. The molecule has 156 valence electrons. The van der Waals surface area contributed by atoms with E-state index in [2.05, 4.69) is 5.32 Å². The van der Waals surface area contributed by atoms with Crippen LogP contribution in [-0.2, 0) is 20.8 Å². The van der Waals surface area contributed by atoms with Gasteiger partial charge in [0.25, 0.3) is 5.91 Å². The first-order chi connectivity index (χ1) is 13.3. The maximum absolute atomic E-state index is 12.8. The first-order valence-corrected chi connectivity index (χ1v) is 9.84. The number of alkyl halides is 3. The van der Waals surface area contributed by atoms with Gasteiger partial charge in [0.05, 0.1) is 26.1 Å². The topological polar surface area (TPSA) is 116 Å². The number of hydrogen-bond acceptors (Lipinski definition) is 6. The van der Waals surface area contributed by atoms with Crippen LogP contribution in [-0.4, -0.2) is 32.1 Å². The quantitative estimate of drug-likeness (QED) is 0.528.